The van der Waals surface area contributed by atoms with Gasteiger partial charge in [-0.1, -0.05) is 125 Å². The highest BCUT2D eigenvalue weighted by molar-refractivity contribution is 5.76. The van der Waals surface area contributed by atoms with E-state index in [4.69, 9.17) is 18.9 Å². The average Bonchev–Trinajstić information content (AvgIpc) is 3.26. The summed E-state index contributed by atoms with van der Waals surface area (Å²) in [4.78, 5) is 13.0. The Morgan fingerprint density at radius 2 is 1.11 bits per heavy atom. The van der Waals surface area contributed by atoms with E-state index in [9.17, 15) is 45.6 Å². The van der Waals surface area contributed by atoms with Crippen LogP contribution in [0.3, 0.4) is 0 Å². The van der Waals surface area contributed by atoms with Crippen molar-refractivity contribution in [3.63, 3.8) is 0 Å². The lowest BCUT2D eigenvalue weighted by Crippen LogP contribution is -2.65. The monoisotopic (exact) mass is 864 g/mol. The summed E-state index contributed by atoms with van der Waals surface area (Å²) in [5.41, 5.74) is 0. The zero-order valence-corrected chi connectivity index (χ0v) is 36.4. The molecule has 0 aliphatic carbocycles. The number of hydrogen-bond acceptors (Lipinski definition) is 13. The second-order valence-corrected chi connectivity index (χ2v) is 15.4. The van der Waals surface area contributed by atoms with Gasteiger partial charge in [-0.05, 0) is 64.2 Å². The minimum absolute atomic E-state index is 0.216. The second kappa shape index (κ2) is 33.7. The maximum atomic E-state index is 13.0. The van der Waals surface area contributed by atoms with Crippen LogP contribution in [0.1, 0.15) is 110 Å². The van der Waals surface area contributed by atoms with Crippen LogP contribution in [-0.4, -0.2) is 140 Å². The molecule has 2 aliphatic rings. The number of carbonyl (C=O) groups excluding carboxylic acids is 1. The second-order valence-electron chi connectivity index (χ2n) is 15.4. The molecule has 2 saturated heterocycles. The normalized spacial score (nSPS) is 28.8. The van der Waals surface area contributed by atoms with Crippen LogP contribution < -0.4 is 5.32 Å². The third kappa shape index (κ3) is 21.9. The van der Waals surface area contributed by atoms with Crippen LogP contribution in [-0.2, 0) is 23.7 Å². The van der Waals surface area contributed by atoms with Gasteiger partial charge in [0.15, 0.2) is 12.6 Å². The van der Waals surface area contributed by atoms with Crippen LogP contribution in [0.2, 0.25) is 0 Å². The Morgan fingerprint density at radius 1 is 0.607 bits per heavy atom. The van der Waals surface area contributed by atoms with E-state index in [0.717, 1.165) is 70.6 Å². The topological polar surface area (TPSA) is 228 Å². The van der Waals surface area contributed by atoms with Gasteiger partial charge in [0.05, 0.1) is 32.0 Å². The van der Waals surface area contributed by atoms with E-state index in [2.05, 4.69) is 98.2 Å². The molecule has 1 amide bonds. The van der Waals surface area contributed by atoms with Gasteiger partial charge in [0.25, 0.3) is 0 Å². The van der Waals surface area contributed by atoms with E-state index in [1.54, 1.807) is 0 Å². The van der Waals surface area contributed by atoms with Crippen molar-refractivity contribution in [3.8, 4) is 0 Å². The highest BCUT2D eigenvalue weighted by Gasteiger charge is 2.51. The zero-order chi connectivity index (χ0) is 44.7. The van der Waals surface area contributed by atoms with Crippen molar-refractivity contribution < 1.29 is 64.6 Å². The van der Waals surface area contributed by atoms with Crippen LogP contribution >= 0.6 is 0 Å². The van der Waals surface area contributed by atoms with E-state index < -0.39 is 86.8 Å². The number of carbonyl (C=O) groups is 1. The summed E-state index contributed by atoms with van der Waals surface area (Å²) >= 11 is 0. The van der Waals surface area contributed by atoms with Gasteiger partial charge in [-0.2, -0.15) is 0 Å². The van der Waals surface area contributed by atoms with Crippen molar-refractivity contribution in [1.29, 1.82) is 0 Å². The molecule has 12 atom stereocenters. The number of ether oxygens (including phenoxy) is 4. The Balaban J connectivity index is 1.77. The molecular weight excluding hydrogens is 787 g/mol. The van der Waals surface area contributed by atoms with Crippen LogP contribution in [0.5, 0.6) is 0 Å². The lowest BCUT2D eigenvalue weighted by molar-refractivity contribution is -0.359. The lowest BCUT2D eigenvalue weighted by atomic mass is 9.97. The zero-order valence-electron chi connectivity index (χ0n) is 36.4. The van der Waals surface area contributed by atoms with Crippen molar-refractivity contribution in [3.05, 3.63) is 85.1 Å². The number of allylic oxidation sites excluding steroid dienone is 14. The van der Waals surface area contributed by atoms with E-state index in [0.29, 0.717) is 19.3 Å². The molecule has 12 unspecified atom stereocenters. The molecule has 0 radical (unpaired) electrons. The molecule has 2 fully saturated rings. The van der Waals surface area contributed by atoms with Crippen LogP contribution in [0, 0.1) is 0 Å². The Labute approximate surface area is 363 Å². The lowest BCUT2D eigenvalue weighted by Gasteiger charge is -2.46. The fraction of sp³-hybridized carbons (Fsp3) is 0.681. The number of amides is 1. The van der Waals surface area contributed by atoms with Crippen molar-refractivity contribution in [2.75, 3.05) is 19.8 Å². The number of aliphatic hydroxyl groups is 8. The van der Waals surface area contributed by atoms with Gasteiger partial charge >= 0.3 is 0 Å². The van der Waals surface area contributed by atoms with Crippen LogP contribution in [0.15, 0.2) is 85.1 Å². The quantitative estimate of drug-likeness (QED) is 0.0351. The third-order valence-electron chi connectivity index (χ3n) is 10.4. The SMILES string of the molecule is CC/C=C\C/C=C\C/C=C\C/C=C\C/C=C\C/C=C\C/C=C\CCCC(=O)NC(COC1OC(CO)C(OC2OC(CO)C(O)C(O)C2O)C(O)C1O)C(O)CCCCCC. The van der Waals surface area contributed by atoms with Crippen molar-refractivity contribution in [2.24, 2.45) is 0 Å². The Kier molecular flexibility index (Phi) is 30.0. The molecule has 0 aromatic rings. The fourth-order valence-electron chi connectivity index (χ4n) is 6.69. The molecule has 2 heterocycles. The van der Waals surface area contributed by atoms with Crippen LogP contribution in [0.4, 0.5) is 0 Å². The molecule has 0 bridgehead atoms. The minimum atomic E-state index is -1.79. The predicted molar refractivity (Wildman–Crippen MR) is 235 cm³/mol. The maximum absolute atomic E-state index is 13.0. The fourth-order valence-corrected chi connectivity index (χ4v) is 6.69. The number of nitrogens with one attached hydrogen (secondary N) is 1. The molecule has 0 spiro atoms. The van der Waals surface area contributed by atoms with Gasteiger partial charge in [0, 0.05) is 6.42 Å². The first-order chi connectivity index (χ1) is 29.6. The number of unbranched alkanes of at least 4 members (excludes halogenated alkanes) is 4. The third-order valence-corrected chi connectivity index (χ3v) is 10.4. The van der Waals surface area contributed by atoms with E-state index in [-0.39, 0.29) is 18.9 Å². The van der Waals surface area contributed by atoms with Gasteiger partial charge in [0.1, 0.15) is 48.8 Å². The van der Waals surface area contributed by atoms with E-state index in [1.165, 1.54) is 0 Å². The Bertz CT molecular complexity index is 1350. The van der Waals surface area contributed by atoms with Crippen molar-refractivity contribution in [2.45, 2.75) is 184 Å². The first-order valence-electron chi connectivity index (χ1n) is 22.3. The summed E-state index contributed by atoms with van der Waals surface area (Å²) in [7, 11) is 0. The summed E-state index contributed by atoms with van der Waals surface area (Å²) in [6.45, 7) is 2.51. The predicted octanol–water partition coefficient (Wildman–Crippen LogP) is 4.26. The van der Waals surface area contributed by atoms with Gasteiger partial charge in [-0.15, -0.1) is 0 Å². The Hall–Kier alpha value is -2.83. The van der Waals surface area contributed by atoms with E-state index in [1.807, 2.05) is 6.08 Å². The minimum Gasteiger partial charge on any atom is -0.394 e. The number of aliphatic hydroxyl groups excluding tert-OH is 8. The van der Waals surface area contributed by atoms with Crippen LogP contribution in [0.25, 0.3) is 0 Å². The molecule has 14 heteroatoms. The highest BCUT2D eigenvalue weighted by Crippen LogP contribution is 2.30. The maximum Gasteiger partial charge on any atom is 0.220 e. The number of rotatable bonds is 31. The molecule has 14 nitrogen and oxygen atoms in total. The summed E-state index contributed by atoms with van der Waals surface area (Å²) in [5.74, 6) is -0.280. The van der Waals surface area contributed by atoms with Gasteiger partial charge in [-0.3, -0.25) is 4.79 Å². The molecule has 2 aliphatic heterocycles. The summed E-state index contributed by atoms with van der Waals surface area (Å²) in [5, 5.41) is 85.9. The van der Waals surface area contributed by atoms with Gasteiger partial charge in [-0.25, -0.2) is 0 Å². The molecule has 2 rings (SSSR count). The first-order valence-corrected chi connectivity index (χ1v) is 22.3. The Morgan fingerprint density at radius 3 is 1.64 bits per heavy atom. The summed E-state index contributed by atoms with van der Waals surface area (Å²) < 4.78 is 22.5. The molecule has 348 valence electrons. The molecule has 0 saturated carbocycles. The van der Waals surface area contributed by atoms with Crippen molar-refractivity contribution >= 4 is 5.91 Å². The smallest absolute Gasteiger partial charge is 0.220 e. The molecule has 9 N–H and O–H groups in total. The largest absolute Gasteiger partial charge is 0.394 e. The van der Waals surface area contributed by atoms with Gasteiger partial charge in [0.2, 0.25) is 5.91 Å². The highest BCUT2D eigenvalue weighted by atomic mass is 16.7. The first kappa shape index (κ1) is 54.3. The summed E-state index contributed by atoms with van der Waals surface area (Å²) in [6.07, 6.45) is 25.4. The standard InChI is InChI=1S/C47H77NO13/c1-3-5-7-9-10-11-12-13-14-15-16-17-18-19-20-21-22-23-24-25-26-27-29-31-39(52)48-35(36(51)30-28-8-6-4-2)34-58-46-44(57)42(55)45(38(33-50)60-46)61-47-43(56)41(54)40(53)37(32-49)59-47/h5,7,10-11,13-14,16-17,19-20,22-23,25-26,35-38,40-47,49-51,53-57H,3-4,6,8-9,12,15,18,21,24,27-34H2,1-2H3,(H,48,52)/b7-5-,11-10-,14-13-,17-16-,20-19-,23-22-,26-25-. The number of hydrogen-bond donors (Lipinski definition) is 9. The molecule has 0 aromatic carbocycles. The average molecular weight is 864 g/mol. The van der Waals surface area contributed by atoms with Gasteiger partial charge < -0.3 is 65.1 Å². The molecular formula is C47H77NO13. The van der Waals surface area contributed by atoms with Crippen molar-refractivity contribution in [1.82, 2.24) is 5.32 Å². The molecule has 0 aromatic heterocycles. The summed E-state index contributed by atoms with van der Waals surface area (Å²) in [6, 6.07) is -0.860. The molecule has 61 heavy (non-hydrogen) atoms. The van der Waals surface area contributed by atoms with E-state index >= 15 is 0 Å².